The maximum Gasteiger partial charge on any atom is 0.261 e. The van der Waals surface area contributed by atoms with Crippen molar-refractivity contribution in [2.24, 2.45) is 0 Å². The molecule has 2 amide bonds. The van der Waals surface area contributed by atoms with Crippen LogP contribution >= 0.6 is 11.6 Å². The predicted octanol–water partition coefficient (Wildman–Crippen LogP) is 4.71. The molecule has 2 aromatic carbocycles. The molecule has 0 spiro atoms. The van der Waals surface area contributed by atoms with Crippen molar-refractivity contribution in [1.29, 1.82) is 0 Å². The summed E-state index contributed by atoms with van der Waals surface area (Å²) in [5.41, 5.74) is 0.359. The molecule has 0 aliphatic carbocycles. The number of benzene rings is 2. The quantitative estimate of drug-likeness (QED) is 0.494. The van der Waals surface area contributed by atoms with Crippen molar-refractivity contribution in [3.8, 4) is 11.5 Å². The summed E-state index contributed by atoms with van der Waals surface area (Å²) in [6, 6.07) is 11.1. The van der Waals surface area contributed by atoms with E-state index in [1.54, 1.807) is 42.3 Å². The maximum atomic E-state index is 13.4. The zero-order valence-electron chi connectivity index (χ0n) is 20.9. The lowest BCUT2D eigenvalue weighted by Gasteiger charge is -2.38. The number of hydrogen-bond acceptors (Lipinski definition) is 5. The van der Waals surface area contributed by atoms with Gasteiger partial charge in [0.25, 0.3) is 11.8 Å². The summed E-state index contributed by atoms with van der Waals surface area (Å²) >= 11 is 6.22. The zero-order valence-corrected chi connectivity index (χ0v) is 21.7. The largest absolute Gasteiger partial charge is 0.490 e. The molecule has 3 aliphatic rings. The van der Waals surface area contributed by atoms with Crippen molar-refractivity contribution in [2.75, 3.05) is 26.9 Å². The highest BCUT2D eigenvalue weighted by Gasteiger charge is 2.44. The summed E-state index contributed by atoms with van der Waals surface area (Å²) in [6.07, 6.45) is 5.06. The highest BCUT2D eigenvalue weighted by atomic mass is 35.5. The third-order valence-corrected chi connectivity index (χ3v) is 7.85. The van der Waals surface area contributed by atoms with Gasteiger partial charge in [-0.1, -0.05) is 11.6 Å². The van der Waals surface area contributed by atoms with Gasteiger partial charge in [0.2, 0.25) is 0 Å². The van der Waals surface area contributed by atoms with Crippen LogP contribution in [0.2, 0.25) is 5.02 Å². The summed E-state index contributed by atoms with van der Waals surface area (Å²) in [5.74, 6) is 0.434. The number of ether oxygens (including phenoxy) is 3. The van der Waals surface area contributed by atoms with Crippen LogP contribution in [0.25, 0.3) is 0 Å². The van der Waals surface area contributed by atoms with Gasteiger partial charge >= 0.3 is 0 Å². The third kappa shape index (κ3) is 5.70. The van der Waals surface area contributed by atoms with Gasteiger partial charge in [0.05, 0.1) is 18.2 Å². The van der Waals surface area contributed by atoms with E-state index in [0.717, 1.165) is 38.5 Å². The van der Waals surface area contributed by atoms with Gasteiger partial charge in [-0.25, -0.2) is 4.39 Å². The van der Waals surface area contributed by atoms with Crippen LogP contribution in [0.1, 0.15) is 48.9 Å². The van der Waals surface area contributed by atoms with E-state index in [-0.39, 0.29) is 48.5 Å². The Morgan fingerprint density at radius 1 is 1.05 bits per heavy atom. The number of rotatable bonds is 8. The second-order valence-electron chi connectivity index (χ2n) is 10.0. The minimum Gasteiger partial charge on any atom is -0.490 e. The second-order valence-corrected chi connectivity index (χ2v) is 10.5. The Hall–Kier alpha value is -2.84. The monoisotopic (exact) mass is 530 g/mol. The Balaban J connectivity index is 1.22. The van der Waals surface area contributed by atoms with E-state index in [9.17, 15) is 14.0 Å². The fourth-order valence-corrected chi connectivity index (χ4v) is 6.14. The molecular weight excluding hydrogens is 499 g/mol. The average molecular weight is 531 g/mol. The van der Waals surface area contributed by atoms with Gasteiger partial charge in [0.1, 0.15) is 23.4 Å². The molecule has 0 radical (unpaired) electrons. The molecule has 37 heavy (non-hydrogen) atoms. The third-order valence-electron chi connectivity index (χ3n) is 7.61. The molecule has 4 atom stereocenters. The molecule has 9 heteroatoms. The van der Waals surface area contributed by atoms with Gasteiger partial charge in [0.15, 0.2) is 6.61 Å². The number of nitrogens with zero attached hydrogens (tertiary/aromatic N) is 2. The van der Waals surface area contributed by atoms with Crippen LogP contribution in [-0.2, 0) is 9.53 Å². The maximum absolute atomic E-state index is 13.4. The van der Waals surface area contributed by atoms with Crippen LogP contribution in [0.5, 0.6) is 11.5 Å². The standard InChI is InChI=1S/C28H32ClFN2O5/c1-35-16-22-3-2-12-31(22)28(34)25-13-18(29)4-11-26(25)36-17-27(33)32-20-7-8-21(32)15-24(14-20)37-23-9-5-19(30)6-10-23/h4-6,9-11,13,20-22,24H,2-3,7-8,12,14-17H2,1H3/t20-,21+,22-,24?/m1/s1. The van der Waals surface area contributed by atoms with Crippen LogP contribution in [0.4, 0.5) is 4.39 Å². The number of carbonyl (C=O) groups excluding carboxylic acids is 2. The number of amides is 2. The van der Waals surface area contributed by atoms with E-state index in [4.69, 9.17) is 25.8 Å². The van der Waals surface area contributed by atoms with Crippen LogP contribution in [0.15, 0.2) is 42.5 Å². The summed E-state index contributed by atoms with van der Waals surface area (Å²) < 4.78 is 30.5. The summed E-state index contributed by atoms with van der Waals surface area (Å²) in [4.78, 5) is 30.4. The van der Waals surface area contributed by atoms with E-state index in [2.05, 4.69) is 0 Å². The molecule has 2 aromatic rings. The molecule has 5 rings (SSSR count). The molecule has 3 fully saturated rings. The van der Waals surface area contributed by atoms with Crippen molar-refractivity contribution >= 4 is 23.4 Å². The number of piperidine rings is 1. The van der Waals surface area contributed by atoms with Gasteiger partial charge in [-0.2, -0.15) is 0 Å². The number of fused-ring (bicyclic) bond motifs is 2. The number of hydrogen-bond donors (Lipinski definition) is 0. The van der Waals surface area contributed by atoms with Crippen molar-refractivity contribution in [1.82, 2.24) is 9.80 Å². The second kappa shape index (κ2) is 11.3. The van der Waals surface area contributed by atoms with Gasteiger partial charge in [0, 0.05) is 43.6 Å². The lowest BCUT2D eigenvalue weighted by molar-refractivity contribution is -0.139. The number of methoxy groups -OCH3 is 1. The highest BCUT2D eigenvalue weighted by molar-refractivity contribution is 6.31. The lowest BCUT2D eigenvalue weighted by Crippen LogP contribution is -2.50. The number of carbonyl (C=O) groups is 2. The Morgan fingerprint density at radius 2 is 1.78 bits per heavy atom. The fourth-order valence-electron chi connectivity index (χ4n) is 5.97. The Kier molecular flexibility index (Phi) is 7.86. The minimum absolute atomic E-state index is 0.0139. The molecule has 3 aliphatic heterocycles. The van der Waals surface area contributed by atoms with E-state index >= 15 is 0 Å². The molecule has 0 N–H and O–H groups in total. The lowest BCUT2D eigenvalue weighted by atomic mass is 9.99. The molecular formula is C28H32ClFN2O5. The van der Waals surface area contributed by atoms with E-state index in [1.165, 1.54) is 12.1 Å². The van der Waals surface area contributed by atoms with Gasteiger partial charge in [-0.15, -0.1) is 0 Å². The highest BCUT2D eigenvalue weighted by Crippen LogP contribution is 2.37. The van der Waals surface area contributed by atoms with E-state index in [1.807, 2.05) is 4.90 Å². The first-order valence-electron chi connectivity index (χ1n) is 12.9. The van der Waals surface area contributed by atoms with Crippen molar-refractivity contribution in [3.05, 3.63) is 58.9 Å². The zero-order chi connectivity index (χ0) is 25.9. The Bertz CT molecular complexity index is 1120. The Labute approximate surface area is 221 Å². The fraction of sp³-hybridized carbons (Fsp3) is 0.500. The first-order chi connectivity index (χ1) is 17.9. The molecule has 0 saturated carbocycles. The average Bonchev–Trinajstić information content (AvgIpc) is 3.46. The summed E-state index contributed by atoms with van der Waals surface area (Å²) in [7, 11) is 1.63. The molecule has 7 nitrogen and oxygen atoms in total. The van der Waals surface area contributed by atoms with Crippen LogP contribution in [-0.4, -0.2) is 72.7 Å². The van der Waals surface area contributed by atoms with Crippen LogP contribution < -0.4 is 9.47 Å². The van der Waals surface area contributed by atoms with Crippen molar-refractivity contribution in [2.45, 2.75) is 62.8 Å². The minimum atomic E-state index is -0.298. The number of halogens is 2. The van der Waals surface area contributed by atoms with Crippen molar-refractivity contribution < 1.29 is 28.2 Å². The summed E-state index contributed by atoms with van der Waals surface area (Å²) in [5, 5.41) is 0.436. The van der Waals surface area contributed by atoms with Gasteiger partial charge < -0.3 is 24.0 Å². The first-order valence-corrected chi connectivity index (χ1v) is 13.3. The van der Waals surface area contributed by atoms with Crippen LogP contribution in [0, 0.1) is 5.82 Å². The smallest absolute Gasteiger partial charge is 0.261 e. The van der Waals surface area contributed by atoms with Gasteiger partial charge in [-0.05, 0) is 68.1 Å². The topological polar surface area (TPSA) is 68.3 Å². The Morgan fingerprint density at radius 3 is 2.49 bits per heavy atom. The van der Waals surface area contributed by atoms with Gasteiger partial charge in [-0.3, -0.25) is 9.59 Å². The molecule has 198 valence electrons. The summed E-state index contributed by atoms with van der Waals surface area (Å²) in [6.45, 7) is 0.973. The molecule has 3 heterocycles. The van der Waals surface area contributed by atoms with Crippen molar-refractivity contribution in [3.63, 3.8) is 0 Å². The van der Waals surface area contributed by atoms with Crippen LogP contribution in [0.3, 0.4) is 0 Å². The molecule has 3 saturated heterocycles. The molecule has 2 bridgehead atoms. The molecule has 1 unspecified atom stereocenters. The normalized spacial score (nSPS) is 24.8. The SMILES string of the molecule is COC[C@H]1CCCN1C(=O)c1cc(Cl)ccc1OCC(=O)N1[C@@H]2CC[C@H]1CC(Oc1ccc(F)cc1)C2. The first kappa shape index (κ1) is 25.8. The predicted molar refractivity (Wildman–Crippen MR) is 137 cm³/mol. The molecule has 0 aromatic heterocycles. The number of likely N-dealkylation sites (tertiary alicyclic amines) is 1. The van der Waals surface area contributed by atoms with E-state index in [0.29, 0.717) is 35.2 Å². The van der Waals surface area contributed by atoms with E-state index < -0.39 is 0 Å².